The number of amides is 1. The highest BCUT2D eigenvalue weighted by Gasteiger charge is 2.29. The van der Waals surface area contributed by atoms with Crippen molar-refractivity contribution in [2.24, 2.45) is 5.73 Å². The fourth-order valence-electron chi connectivity index (χ4n) is 1.81. The summed E-state index contributed by atoms with van der Waals surface area (Å²) in [6.45, 7) is 0.212. The Kier molecular flexibility index (Phi) is 6.41. The summed E-state index contributed by atoms with van der Waals surface area (Å²) < 4.78 is 0. The first-order chi connectivity index (χ1) is 7.24. The molecule has 0 aromatic carbocycles. The van der Waals surface area contributed by atoms with E-state index in [4.69, 9.17) is 10.8 Å². The first-order valence-corrected chi connectivity index (χ1v) is 4.84. The molecule has 1 aromatic rings. The number of aliphatic hydroxyl groups is 1. The quantitative estimate of drug-likeness (QED) is 0.807. The number of rotatable bonds is 2. The number of aromatic nitrogens is 1. The van der Waals surface area contributed by atoms with Gasteiger partial charge in [0.15, 0.2) is 0 Å². The van der Waals surface area contributed by atoms with Crippen molar-refractivity contribution < 1.29 is 9.90 Å². The van der Waals surface area contributed by atoms with Crippen LogP contribution in [0.15, 0.2) is 18.5 Å². The number of halogens is 2. The van der Waals surface area contributed by atoms with Crippen molar-refractivity contribution in [3.8, 4) is 0 Å². The summed E-state index contributed by atoms with van der Waals surface area (Å²) in [4.78, 5) is 17.3. The molecule has 17 heavy (non-hydrogen) atoms. The maximum Gasteiger partial charge on any atom is 0.244 e. The Balaban J connectivity index is 0.00000128. The Hall–Kier alpha value is -0.880. The van der Waals surface area contributed by atoms with Gasteiger partial charge in [0.1, 0.15) is 0 Å². The van der Waals surface area contributed by atoms with Gasteiger partial charge < -0.3 is 15.7 Å². The number of β-amino-alcohol motifs (C(OH)–C–C–N with tert-alkyl or cyclic N) is 1. The summed E-state index contributed by atoms with van der Waals surface area (Å²) in [5.41, 5.74) is 7.48. The molecule has 0 spiro atoms. The van der Waals surface area contributed by atoms with Gasteiger partial charge in [-0.15, -0.1) is 24.8 Å². The standard InChI is InChI=1S/C10H13N3O2.2ClH/c11-8-5-7-6-12-2-1-9(7)13(3-4-14)10(8)15;;/h1-2,6,8,14H,3-5,11H2;2*1H. The number of nitrogens with two attached hydrogens (primary N) is 1. The molecule has 1 unspecified atom stereocenters. The Labute approximate surface area is 112 Å². The molecule has 96 valence electrons. The van der Waals surface area contributed by atoms with Gasteiger partial charge in [-0.25, -0.2) is 0 Å². The normalized spacial score (nSPS) is 17.9. The molecule has 3 N–H and O–H groups in total. The summed E-state index contributed by atoms with van der Waals surface area (Å²) in [7, 11) is 0. The maximum absolute atomic E-state index is 11.7. The Bertz CT molecular complexity index is 390. The third kappa shape index (κ3) is 3.07. The van der Waals surface area contributed by atoms with Gasteiger partial charge in [-0.3, -0.25) is 9.78 Å². The van der Waals surface area contributed by atoms with E-state index in [0.29, 0.717) is 6.42 Å². The molecule has 7 heteroatoms. The van der Waals surface area contributed by atoms with Crippen LogP contribution in [-0.4, -0.2) is 35.2 Å². The van der Waals surface area contributed by atoms with Gasteiger partial charge in [0.2, 0.25) is 5.91 Å². The van der Waals surface area contributed by atoms with E-state index in [2.05, 4.69) is 4.98 Å². The van der Waals surface area contributed by atoms with Gasteiger partial charge in [0.25, 0.3) is 0 Å². The van der Waals surface area contributed by atoms with E-state index in [1.54, 1.807) is 18.5 Å². The van der Waals surface area contributed by atoms with Crippen molar-refractivity contribution in [1.29, 1.82) is 0 Å². The van der Waals surface area contributed by atoms with Crippen LogP contribution in [0.1, 0.15) is 5.56 Å². The molecule has 1 aliphatic heterocycles. The largest absolute Gasteiger partial charge is 0.395 e. The van der Waals surface area contributed by atoms with Gasteiger partial charge in [-0.1, -0.05) is 0 Å². The second-order valence-corrected chi connectivity index (χ2v) is 3.53. The van der Waals surface area contributed by atoms with E-state index >= 15 is 0 Å². The average Bonchev–Trinajstić information content (AvgIpc) is 2.25. The van der Waals surface area contributed by atoms with Crippen LogP contribution < -0.4 is 10.6 Å². The summed E-state index contributed by atoms with van der Waals surface area (Å²) in [5.74, 6) is -0.136. The van der Waals surface area contributed by atoms with Gasteiger partial charge in [0, 0.05) is 25.4 Å². The molecule has 2 rings (SSSR count). The highest BCUT2D eigenvalue weighted by atomic mass is 35.5. The SMILES string of the molecule is Cl.Cl.NC1Cc2cnccc2N(CCO)C1=O. The molecule has 1 aromatic heterocycles. The lowest BCUT2D eigenvalue weighted by atomic mass is 10.00. The number of anilines is 1. The molecule has 5 nitrogen and oxygen atoms in total. The number of nitrogens with zero attached hydrogens (tertiary/aromatic N) is 2. The van der Waals surface area contributed by atoms with Crippen molar-refractivity contribution in [3.05, 3.63) is 24.0 Å². The van der Waals surface area contributed by atoms with Crippen LogP contribution in [0.3, 0.4) is 0 Å². The van der Waals surface area contributed by atoms with E-state index < -0.39 is 6.04 Å². The van der Waals surface area contributed by atoms with E-state index in [1.165, 1.54) is 4.90 Å². The number of hydrogen-bond donors (Lipinski definition) is 2. The monoisotopic (exact) mass is 279 g/mol. The zero-order valence-corrected chi connectivity index (χ0v) is 10.7. The van der Waals surface area contributed by atoms with Crippen molar-refractivity contribution in [1.82, 2.24) is 4.98 Å². The molecule has 0 radical (unpaired) electrons. The molecular formula is C10H15Cl2N3O2. The lowest BCUT2D eigenvalue weighted by molar-refractivity contribution is -0.120. The molecule has 1 aliphatic rings. The Morgan fingerprint density at radius 1 is 1.53 bits per heavy atom. The van der Waals surface area contributed by atoms with Crippen LogP contribution in [0, 0.1) is 0 Å². The average molecular weight is 280 g/mol. The first kappa shape index (κ1) is 16.1. The van der Waals surface area contributed by atoms with Crippen LogP contribution in [0.5, 0.6) is 0 Å². The van der Waals surface area contributed by atoms with Crippen molar-refractivity contribution in [2.75, 3.05) is 18.1 Å². The van der Waals surface area contributed by atoms with Gasteiger partial charge >= 0.3 is 0 Å². The molecule has 1 amide bonds. The summed E-state index contributed by atoms with van der Waals surface area (Å²) >= 11 is 0. The molecule has 0 saturated heterocycles. The van der Waals surface area contributed by atoms with Gasteiger partial charge in [-0.2, -0.15) is 0 Å². The van der Waals surface area contributed by atoms with Crippen LogP contribution in [0.2, 0.25) is 0 Å². The molecular weight excluding hydrogens is 265 g/mol. The first-order valence-electron chi connectivity index (χ1n) is 4.84. The molecule has 0 bridgehead atoms. The van der Waals surface area contributed by atoms with Crippen LogP contribution in [0.25, 0.3) is 0 Å². The summed E-state index contributed by atoms with van der Waals surface area (Å²) in [6, 6.07) is 1.25. The van der Waals surface area contributed by atoms with Crippen LogP contribution in [0.4, 0.5) is 5.69 Å². The number of carbonyl (C=O) groups excluding carboxylic acids is 1. The summed E-state index contributed by atoms with van der Waals surface area (Å²) in [5, 5.41) is 8.90. The minimum atomic E-state index is -0.520. The van der Waals surface area contributed by atoms with Crippen LogP contribution in [-0.2, 0) is 11.2 Å². The lowest BCUT2D eigenvalue weighted by Gasteiger charge is -2.31. The zero-order chi connectivity index (χ0) is 10.8. The predicted molar refractivity (Wildman–Crippen MR) is 69.9 cm³/mol. The van der Waals surface area contributed by atoms with E-state index in [0.717, 1.165) is 11.3 Å². The van der Waals surface area contributed by atoms with Crippen molar-refractivity contribution in [3.63, 3.8) is 0 Å². The predicted octanol–water partition coefficient (Wildman–Crippen LogP) is 0.134. The zero-order valence-electron chi connectivity index (χ0n) is 9.07. The molecule has 0 fully saturated rings. The summed E-state index contributed by atoms with van der Waals surface area (Å²) in [6.07, 6.45) is 3.86. The lowest BCUT2D eigenvalue weighted by Crippen LogP contribution is -2.49. The fourth-order valence-corrected chi connectivity index (χ4v) is 1.81. The maximum atomic E-state index is 11.7. The smallest absolute Gasteiger partial charge is 0.244 e. The van der Waals surface area contributed by atoms with Crippen molar-refractivity contribution >= 4 is 36.4 Å². The minimum Gasteiger partial charge on any atom is -0.395 e. The highest BCUT2D eigenvalue weighted by Crippen LogP contribution is 2.25. The molecule has 0 saturated carbocycles. The fraction of sp³-hybridized carbons (Fsp3) is 0.400. The second-order valence-electron chi connectivity index (χ2n) is 3.53. The Morgan fingerprint density at radius 3 is 2.88 bits per heavy atom. The molecule has 0 aliphatic carbocycles. The molecule has 1 atom stereocenters. The molecule has 2 heterocycles. The number of carbonyl (C=O) groups is 1. The number of fused-ring (bicyclic) bond motifs is 1. The van der Waals surface area contributed by atoms with E-state index in [9.17, 15) is 4.79 Å². The highest BCUT2D eigenvalue weighted by molar-refractivity contribution is 6.00. The second kappa shape index (κ2) is 6.76. The number of hydrogen-bond acceptors (Lipinski definition) is 4. The third-order valence-corrected chi connectivity index (χ3v) is 2.52. The van der Waals surface area contributed by atoms with E-state index in [-0.39, 0.29) is 43.9 Å². The topological polar surface area (TPSA) is 79.4 Å². The Morgan fingerprint density at radius 2 is 2.24 bits per heavy atom. The van der Waals surface area contributed by atoms with Gasteiger partial charge in [-0.05, 0) is 11.6 Å². The van der Waals surface area contributed by atoms with E-state index in [1.807, 2.05) is 0 Å². The number of aliphatic hydroxyl groups excluding tert-OH is 1. The van der Waals surface area contributed by atoms with Crippen LogP contribution >= 0.6 is 24.8 Å². The third-order valence-electron chi connectivity index (χ3n) is 2.52. The minimum absolute atomic E-state index is 0. The van der Waals surface area contributed by atoms with Gasteiger partial charge in [0.05, 0.1) is 18.3 Å². The number of pyridine rings is 1. The van der Waals surface area contributed by atoms with Crippen molar-refractivity contribution in [2.45, 2.75) is 12.5 Å².